The second-order valence-electron chi connectivity index (χ2n) is 3.62. The second kappa shape index (κ2) is 3.78. The molecule has 0 saturated heterocycles. The van der Waals surface area contributed by atoms with E-state index in [1.807, 2.05) is 0 Å². The number of rotatable bonds is 3. The highest BCUT2D eigenvalue weighted by Gasteiger charge is 2.41. The molecule has 2 atom stereocenters. The third kappa shape index (κ3) is 1.62. The molecule has 0 aromatic rings. The van der Waals surface area contributed by atoms with Gasteiger partial charge in [0.25, 0.3) is 0 Å². The van der Waals surface area contributed by atoms with Crippen LogP contribution in [0.1, 0.15) is 20.3 Å². The molecule has 1 aliphatic carbocycles. The monoisotopic (exact) mass is 194 g/mol. The standard InChI is InChI=1S/C11H14O3/c1-3-9(12)11(2)7-5-4-6-8(11)10(13)14/h4-8H,3H2,1-2H3,(H,13,14). The van der Waals surface area contributed by atoms with Crippen molar-refractivity contribution in [3.8, 4) is 0 Å². The second-order valence-corrected chi connectivity index (χ2v) is 3.62. The molecule has 1 rings (SSSR count). The highest BCUT2D eigenvalue weighted by molar-refractivity contribution is 5.92. The molecular weight excluding hydrogens is 180 g/mol. The largest absolute Gasteiger partial charge is 0.481 e. The topological polar surface area (TPSA) is 54.4 Å². The van der Waals surface area contributed by atoms with E-state index >= 15 is 0 Å². The number of hydrogen-bond acceptors (Lipinski definition) is 2. The van der Waals surface area contributed by atoms with Crippen LogP contribution in [0.15, 0.2) is 24.3 Å². The van der Waals surface area contributed by atoms with Crippen LogP contribution in [-0.2, 0) is 9.59 Å². The van der Waals surface area contributed by atoms with Gasteiger partial charge in [-0.2, -0.15) is 0 Å². The molecule has 0 aliphatic heterocycles. The molecule has 2 unspecified atom stereocenters. The van der Waals surface area contributed by atoms with Crippen LogP contribution in [0, 0.1) is 11.3 Å². The van der Waals surface area contributed by atoms with Crippen molar-refractivity contribution in [2.24, 2.45) is 11.3 Å². The summed E-state index contributed by atoms with van der Waals surface area (Å²) in [5.74, 6) is -1.72. The van der Waals surface area contributed by atoms with Gasteiger partial charge in [-0.15, -0.1) is 0 Å². The number of ketones is 1. The number of allylic oxidation sites excluding steroid dienone is 3. The Kier molecular flexibility index (Phi) is 2.89. The van der Waals surface area contributed by atoms with Crippen molar-refractivity contribution in [1.29, 1.82) is 0 Å². The molecule has 0 saturated carbocycles. The first-order chi connectivity index (χ1) is 6.52. The van der Waals surface area contributed by atoms with E-state index < -0.39 is 17.3 Å². The molecule has 0 bridgehead atoms. The van der Waals surface area contributed by atoms with E-state index in [0.717, 1.165) is 0 Å². The van der Waals surface area contributed by atoms with Crippen LogP contribution in [0.4, 0.5) is 0 Å². The molecule has 0 amide bonds. The molecule has 14 heavy (non-hydrogen) atoms. The van der Waals surface area contributed by atoms with Crippen LogP contribution in [0.25, 0.3) is 0 Å². The van der Waals surface area contributed by atoms with Crippen molar-refractivity contribution >= 4 is 11.8 Å². The molecule has 1 N–H and O–H groups in total. The van der Waals surface area contributed by atoms with Gasteiger partial charge in [-0.3, -0.25) is 9.59 Å². The lowest BCUT2D eigenvalue weighted by molar-refractivity contribution is -0.146. The molecule has 0 spiro atoms. The fourth-order valence-corrected chi connectivity index (χ4v) is 1.72. The minimum Gasteiger partial charge on any atom is -0.481 e. The van der Waals surface area contributed by atoms with Crippen LogP contribution in [0.2, 0.25) is 0 Å². The predicted molar refractivity (Wildman–Crippen MR) is 52.8 cm³/mol. The third-order valence-corrected chi connectivity index (χ3v) is 2.69. The zero-order valence-corrected chi connectivity index (χ0v) is 8.36. The SMILES string of the molecule is CCC(=O)C1(C)C=CC=CC1C(=O)O. The summed E-state index contributed by atoms with van der Waals surface area (Å²) in [5.41, 5.74) is -0.880. The summed E-state index contributed by atoms with van der Waals surface area (Å²) in [6.07, 6.45) is 7.00. The van der Waals surface area contributed by atoms with Gasteiger partial charge in [-0.1, -0.05) is 31.2 Å². The first kappa shape index (κ1) is 10.7. The Morgan fingerprint density at radius 3 is 2.57 bits per heavy atom. The van der Waals surface area contributed by atoms with E-state index in [1.165, 1.54) is 0 Å². The van der Waals surface area contributed by atoms with E-state index in [0.29, 0.717) is 6.42 Å². The quantitative estimate of drug-likeness (QED) is 0.745. The van der Waals surface area contributed by atoms with E-state index in [9.17, 15) is 9.59 Å². The fourth-order valence-electron chi connectivity index (χ4n) is 1.72. The van der Waals surface area contributed by atoms with Gasteiger partial charge in [0.1, 0.15) is 5.78 Å². The van der Waals surface area contributed by atoms with Gasteiger partial charge in [-0.05, 0) is 6.92 Å². The molecule has 0 fully saturated rings. The summed E-state index contributed by atoms with van der Waals surface area (Å²) in [7, 11) is 0. The number of hydrogen-bond donors (Lipinski definition) is 1. The van der Waals surface area contributed by atoms with Gasteiger partial charge >= 0.3 is 5.97 Å². The van der Waals surface area contributed by atoms with Crippen LogP contribution in [0.5, 0.6) is 0 Å². The fraction of sp³-hybridized carbons (Fsp3) is 0.455. The Hall–Kier alpha value is -1.38. The summed E-state index contributed by atoms with van der Waals surface area (Å²) >= 11 is 0. The number of aliphatic carboxylic acids is 1. The van der Waals surface area contributed by atoms with Crippen molar-refractivity contribution in [2.75, 3.05) is 0 Å². The van der Waals surface area contributed by atoms with Crippen molar-refractivity contribution in [3.63, 3.8) is 0 Å². The molecule has 76 valence electrons. The predicted octanol–water partition coefficient (Wildman–Crippen LogP) is 1.80. The highest BCUT2D eigenvalue weighted by atomic mass is 16.4. The lowest BCUT2D eigenvalue weighted by Gasteiger charge is -2.30. The van der Waals surface area contributed by atoms with Crippen molar-refractivity contribution in [2.45, 2.75) is 20.3 Å². The van der Waals surface area contributed by atoms with Gasteiger partial charge in [0.15, 0.2) is 0 Å². The Morgan fingerprint density at radius 1 is 1.43 bits per heavy atom. The number of carbonyl (C=O) groups excluding carboxylic acids is 1. The maximum atomic E-state index is 11.7. The number of Topliss-reactive ketones (excluding diaryl/α,β-unsaturated/α-hetero) is 1. The van der Waals surface area contributed by atoms with Crippen molar-refractivity contribution < 1.29 is 14.7 Å². The average molecular weight is 194 g/mol. The first-order valence-corrected chi connectivity index (χ1v) is 4.64. The molecule has 0 aromatic carbocycles. The zero-order chi connectivity index (χ0) is 10.8. The Balaban J connectivity index is 3.05. The zero-order valence-electron chi connectivity index (χ0n) is 8.36. The average Bonchev–Trinajstić information content (AvgIpc) is 2.16. The number of carboxylic acids is 1. The molecule has 0 heterocycles. The van der Waals surface area contributed by atoms with Gasteiger partial charge in [0.05, 0.1) is 11.3 Å². The minimum absolute atomic E-state index is 0.0366. The minimum atomic E-state index is -0.949. The summed E-state index contributed by atoms with van der Waals surface area (Å²) in [6, 6.07) is 0. The molecule has 0 radical (unpaired) electrons. The highest BCUT2D eigenvalue weighted by Crippen LogP contribution is 2.35. The first-order valence-electron chi connectivity index (χ1n) is 4.64. The number of carbonyl (C=O) groups is 2. The lowest BCUT2D eigenvalue weighted by atomic mass is 9.70. The van der Waals surface area contributed by atoms with Crippen molar-refractivity contribution in [1.82, 2.24) is 0 Å². The van der Waals surface area contributed by atoms with Crippen LogP contribution >= 0.6 is 0 Å². The van der Waals surface area contributed by atoms with Gasteiger partial charge < -0.3 is 5.11 Å². The normalized spacial score (nSPS) is 30.3. The van der Waals surface area contributed by atoms with Gasteiger partial charge in [-0.25, -0.2) is 0 Å². The maximum Gasteiger partial charge on any atom is 0.311 e. The van der Waals surface area contributed by atoms with Crippen LogP contribution < -0.4 is 0 Å². The molecule has 0 aromatic heterocycles. The number of carboxylic acid groups (broad SMARTS) is 1. The summed E-state index contributed by atoms with van der Waals surface area (Å²) in [5, 5.41) is 8.98. The van der Waals surface area contributed by atoms with Gasteiger partial charge in [0.2, 0.25) is 0 Å². The Labute approximate surface area is 83.1 Å². The lowest BCUT2D eigenvalue weighted by Crippen LogP contribution is -2.38. The molecular formula is C11H14O3. The molecule has 3 nitrogen and oxygen atoms in total. The Bertz CT molecular complexity index is 314. The van der Waals surface area contributed by atoms with E-state index in [2.05, 4.69) is 0 Å². The molecule has 1 aliphatic rings. The van der Waals surface area contributed by atoms with Crippen LogP contribution in [0.3, 0.4) is 0 Å². The molecule has 3 heteroatoms. The smallest absolute Gasteiger partial charge is 0.311 e. The van der Waals surface area contributed by atoms with E-state index in [-0.39, 0.29) is 5.78 Å². The summed E-state index contributed by atoms with van der Waals surface area (Å²) < 4.78 is 0. The van der Waals surface area contributed by atoms with Gasteiger partial charge in [0, 0.05) is 6.42 Å². The van der Waals surface area contributed by atoms with Crippen molar-refractivity contribution in [3.05, 3.63) is 24.3 Å². The van der Waals surface area contributed by atoms with E-state index in [4.69, 9.17) is 5.11 Å². The van der Waals surface area contributed by atoms with E-state index in [1.54, 1.807) is 38.2 Å². The maximum absolute atomic E-state index is 11.7. The summed E-state index contributed by atoms with van der Waals surface area (Å²) in [6.45, 7) is 3.43. The third-order valence-electron chi connectivity index (χ3n) is 2.69. The summed E-state index contributed by atoms with van der Waals surface area (Å²) in [4.78, 5) is 22.6. The Morgan fingerprint density at radius 2 is 2.07 bits per heavy atom. The van der Waals surface area contributed by atoms with Crippen LogP contribution in [-0.4, -0.2) is 16.9 Å².